The van der Waals surface area contributed by atoms with Gasteiger partial charge in [-0.3, -0.25) is 0 Å². The summed E-state index contributed by atoms with van der Waals surface area (Å²) >= 11 is 0. The maximum Gasteiger partial charge on any atom is 0.335 e. The molecule has 4 rings (SSSR count). The van der Waals surface area contributed by atoms with Crippen LogP contribution in [0.15, 0.2) is 54.4 Å². The molecule has 2 aliphatic carbocycles. The number of benzene rings is 1. The summed E-state index contributed by atoms with van der Waals surface area (Å²) in [7, 11) is 0. The fourth-order valence-corrected chi connectivity index (χ4v) is 3.57. The van der Waals surface area contributed by atoms with Crippen LogP contribution in [0, 0.1) is 5.92 Å². The Balaban J connectivity index is 1.61. The van der Waals surface area contributed by atoms with Crippen molar-refractivity contribution >= 4 is 5.97 Å². The van der Waals surface area contributed by atoms with Crippen molar-refractivity contribution in [3.63, 3.8) is 0 Å². The Morgan fingerprint density at radius 2 is 2.24 bits per heavy atom. The maximum absolute atomic E-state index is 11.2. The molecule has 2 aromatic rings. The Morgan fingerprint density at radius 3 is 3.00 bits per heavy atom. The Kier molecular flexibility index (Phi) is 3.71. The molecule has 0 saturated heterocycles. The fraction of sp³-hybridized carbons (Fsp3) is 0.300. The minimum absolute atomic E-state index is 0.168. The zero-order valence-corrected chi connectivity index (χ0v) is 14.2. The second kappa shape index (κ2) is 5.92. The molecule has 1 heterocycles. The van der Waals surface area contributed by atoms with E-state index in [9.17, 15) is 4.79 Å². The summed E-state index contributed by atoms with van der Waals surface area (Å²) < 4.78 is 7.58. The van der Waals surface area contributed by atoms with Crippen LogP contribution in [0.5, 0.6) is 0 Å². The highest BCUT2D eigenvalue weighted by Crippen LogP contribution is 2.42. The highest BCUT2D eigenvalue weighted by molar-refractivity contribution is 5.88. The molecule has 1 N–H and O–H groups in total. The molecule has 1 aromatic heterocycles. The molecule has 0 aliphatic heterocycles. The third-order valence-electron chi connectivity index (χ3n) is 4.63. The van der Waals surface area contributed by atoms with E-state index in [1.54, 1.807) is 22.9 Å². The van der Waals surface area contributed by atoms with Gasteiger partial charge in [0.1, 0.15) is 5.76 Å². The van der Waals surface area contributed by atoms with E-state index in [0.717, 1.165) is 23.6 Å². The third-order valence-corrected chi connectivity index (χ3v) is 4.63. The molecule has 0 amide bonds. The zero-order valence-electron chi connectivity index (χ0n) is 14.2. The minimum atomic E-state index is -0.931. The normalized spacial score (nSPS) is 21.0. The van der Waals surface area contributed by atoms with Crippen molar-refractivity contribution in [2.24, 2.45) is 5.92 Å². The number of aromatic carboxylic acids is 1. The second-order valence-corrected chi connectivity index (χ2v) is 6.83. The van der Waals surface area contributed by atoms with Crippen molar-refractivity contribution in [1.29, 1.82) is 0 Å². The number of hydrogen-bond donors (Lipinski definition) is 1. The van der Waals surface area contributed by atoms with Gasteiger partial charge in [-0.1, -0.05) is 12.1 Å². The molecule has 25 heavy (non-hydrogen) atoms. The number of nitrogens with zero attached hydrogens (tertiary/aromatic N) is 2. The first-order valence-electron chi connectivity index (χ1n) is 8.50. The summed E-state index contributed by atoms with van der Waals surface area (Å²) in [6.45, 7) is 4.06. The standard InChI is InChI=1S/C20H20N2O3/c1-12(2)25-17-6-7-18-14(10-17)8-15-11-22(21-19(15)18)16-5-3-4-13(9-16)20(23)24/h3-7,9-12,14,18H,8H2,1-2H3,(H,23,24). The van der Waals surface area contributed by atoms with Gasteiger partial charge in [-0.15, -0.1) is 0 Å². The summed E-state index contributed by atoms with van der Waals surface area (Å²) in [4.78, 5) is 11.2. The monoisotopic (exact) mass is 336 g/mol. The first-order valence-corrected chi connectivity index (χ1v) is 8.50. The van der Waals surface area contributed by atoms with Crippen LogP contribution in [0.3, 0.4) is 0 Å². The van der Waals surface area contributed by atoms with Crippen LogP contribution in [0.1, 0.15) is 41.4 Å². The van der Waals surface area contributed by atoms with E-state index in [1.165, 1.54) is 5.56 Å². The number of rotatable bonds is 4. The van der Waals surface area contributed by atoms with Crippen molar-refractivity contribution in [3.8, 4) is 5.69 Å². The largest absolute Gasteiger partial charge is 0.491 e. The molecule has 2 atom stereocenters. The number of carboxylic acids is 1. The number of hydrogen-bond acceptors (Lipinski definition) is 3. The predicted octanol–water partition coefficient (Wildman–Crippen LogP) is 3.71. The van der Waals surface area contributed by atoms with E-state index in [4.69, 9.17) is 14.9 Å². The summed E-state index contributed by atoms with van der Waals surface area (Å²) in [6, 6.07) is 6.85. The number of carboxylic acid groups (broad SMARTS) is 1. The molecule has 0 saturated carbocycles. The first-order chi connectivity index (χ1) is 12.0. The number of fused-ring (bicyclic) bond motifs is 3. The van der Waals surface area contributed by atoms with Gasteiger partial charge in [0.25, 0.3) is 0 Å². The molecule has 0 radical (unpaired) electrons. The summed E-state index contributed by atoms with van der Waals surface area (Å²) in [6.07, 6.45) is 9.50. The fourth-order valence-electron chi connectivity index (χ4n) is 3.57. The lowest BCUT2D eigenvalue weighted by atomic mass is 9.90. The zero-order chi connectivity index (χ0) is 17.6. The van der Waals surface area contributed by atoms with Crippen LogP contribution >= 0.6 is 0 Å². The topological polar surface area (TPSA) is 64.3 Å². The summed E-state index contributed by atoms with van der Waals surface area (Å²) in [5.74, 6) is 0.651. The van der Waals surface area contributed by atoms with Crippen molar-refractivity contribution in [2.75, 3.05) is 0 Å². The quantitative estimate of drug-likeness (QED) is 0.924. The molecular weight excluding hydrogens is 316 g/mol. The van der Waals surface area contributed by atoms with Gasteiger partial charge in [-0.25, -0.2) is 9.48 Å². The first kappa shape index (κ1) is 15.7. The third kappa shape index (κ3) is 2.86. The Labute approximate surface area is 146 Å². The van der Waals surface area contributed by atoms with Gasteiger partial charge in [-0.2, -0.15) is 5.10 Å². The van der Waals surface area contributed by atoms with Crippen LogP contribution in [-0.4, -0.2) is 27.0 Å². The van der Waals surface area contributed by atoms with E-state index in [-0.39, 0.29) is 17.6 Å². The van der Waals surface area contributed by atoms with Crippen LogP contribution in [0.2, 0.25) is 0 Å². The van der Waals surface area contributed by atoms with Gasteiger partial charge in [0.2, 0.25) is 0 Å². The Hall–Kier alpha value is -2.82. The number of ether oxygens (including phenoxy) is 1. The van der Waals surface area contributed by atoms with E-state index in [2.05, 4.69) is 12.2 Å². The Bertz CT molecular complexity index is 892. The van der Waals surface area contributed by atoms with Gasteiger partial charge in [-0.05, 0) is 62.1 Å². The smallest absolute Gasteiger partial charge is 0.335 e. The average molecular weight is 336 g/mol. The van der Waals surface area contributed by atoms with Crippen LogP contribution < -0.4 is 0 Å². The molecule has 2 aliphatic rings. The Morgan fingerprint density at radius 1 is 1.40 bits per heavy atom. The average Bonchev–Trinajstić information content (AvgIpc) is 3.11. The lowest BCUT2D eigenvalue weighted by Gasteiger charge is -2.21. The molecule has 5 nitrogen and oxygen atoms in total. The van der Waals surface area contributed by atoms with Gasteiger partial charge in [0.05, 0.1) is 23.0 Å². The molecule has 2 unspecified atom stereocenters. The van der Waals surface area contributed by atoms with Gasteiger partial charge < -0.3 is 9.84 Å². The lowest BCUT2D eigenvalue weighted by molar-refractivity contribution is 0.0697. The van der Waals surface area contributed by atoms with Gasteiger partial charge >= 0.3 is 5.97 Å². The number of carbonyl (C=O) groups is 1. The minimum Gasteiger partial charge on any atom is -0.491 e. The van der Waals surface area contributed by atoms with Crippen molar-refractivity contribution in [2.45, 2.75) is 32.3 Å². The van der Waals surface area contributed by atoms with E-state index in [0.29, 0.717) is 5.92 Å². The molecule has 128 valence electrons. The maximum atomic E-state index is 11.2. The molecule has 0 fully saturated rings. The van der Waals surface area contributed by atoms with Crippen LogP contribution in [0.4, 0.5) is 0 Å². The van der Waals surface area contributed by atoms with E-state index < -0.39 is 5.97 Å². The van der Waals surface area contributed by atoms with E-state index in [1.807, 2.05) is 32.2 Å². The summed E-state index contributed by atoms with van der Waals surface area (Å²) in [5.41, 5.74) is 3.32. The predicted molar refractivity (Wildman–Crippen MR) is 93.9 cm³/mol. The van der Waals surface area contributed by atoms with Crippen molar-refractivity contribution < 1.29 is 14.6 Å². The highest BCUT2D eigenvalue weighted by Gasteiger charge is 2.35. The highest BCUT2D eigenvalue weighted by atomic mass is 16.5. The SMILES string of the molecule is CC(C)OC1=CC2Cc3cn(-c4cccc(C(=O)O)c4)nc3C2C=C1. The summed E-state index contributed by atoms with van der Waals surface area (Å²) in [5, 5.41) is 13.9. The van der Waals surface area contributed by atoms with Crippen LogP contribution in [-0.2, 0) is 11.2 Å². The second-order valence-electron chi connectivity index (χ2n) is 6.83. The van der Waals surface area contributed by atoms with Crippen molar-refractivity contribution in [1.82, 2.24) is 9.78 Å². The lowest BCUT2D eigenvalue weighted by Crippen LogP contribution is -2.12. The molecule has 0 spiro atoms. The van der Waals surface area contributed by atoms with Crippen molar-refractivity contribution in [3.05, 3.63) is 71.3 Å². The number of aromatic nitrogens is 2. The van der Waals surface area contributed by atoms with Gasteiger partial charge in [0.15, 0.2) is 0 Å². The number of allylic oxidation sites excluding steroid dienone is 3. The molecular formula is C20H20N2O3. The van der Waals surface area contributed by atoms with Crippen LogP contribution in [0.25, 0.3) is 5.69 Å². The van der Waals surface area contributed by atoms with Gasteiger partial charge in [0, 0.05) is 12.1 Å². The molecule has 1 aromatic carbocycles. The molecule has 0 bridgehead atoms. The molecule has 5 heteroatoms. The van der Waals surface area contributed by atoms with E-state index >= 15 is 0 Å².